The zero-order valence-electron chi connectivity index (χ0n) is 11.7. The smallest absolute Gasteiger partial charge is 0.163 e. The van der Waals surface area contributed by atoms with E-state index in [1.807, 2.05) is 31.2 Å². The van der Waals surface area contributed by atoms with Crippen LogP contribution in [0.5, 0.6) is 5.75 Å². The lowest BCUT2D eigenvalue weighted by Crippen LogP contribution is -2.10. The van der Waals surface area contributed by atoms with Gasteiger partial charge in [-0.2, -0.15) is 0 Å². The van der Waals surface area contributed by atoms with Gasteiger partial charge in [0, 0.05) is 12.0 Å². The Labute approximate surface area is 119 Å². The van der Waals surface area contributed by atoms with Crippen LogP contribution in [0, 0.1) is 0 Å². The van der Waals surface area contributed by atoms with Gasteiger partial charge < -0.3 is 4.74 Å². The van der Waals surface area contributed by atoms with Crippen molar-refractivity contribution in [2.45, 2.75) is 26.2 Å². The molecule has 0 spiro atoms. The Balaban J connectivity index is 1.92. The second-order valence-corrected chi connectivity index (χ2v) is 5.11. The number of rotatable bonds is 3. The predicted molar refractivity (Wildman–Crippen MR) is 80.3 cm³/mol. The molecule has 3 rings (SSSR count). The molecular formula is C18H18O2. The van der Waals surface area contributed by atoms with Crippen molar-refractivity contribution in [2.75, 3.05) is 6.61 Å². The largest absolute Gasteiger partial charge is 0.494 e. The van der Waals surface area contributed by atoms with Crippen molar-refractivity contribution < 1.29 is 9.53 Å². The van der Waals surface area contributed by atoms with Crippen LogP contribution >= 0.6 is 0 Å². The summed E-state index contributed by atoms with van der Waals surface area (Å²) >= 11 is 0. The van der Waals surface area contributed by atoms with E-state index in [9.17, 15) is 4.79 Å². The van der Waals surface area contributed by atoms with Crippen LogP contribution < -0.4 is 4.74 Å². The van der Waals surface area contributed by atoms with Gasteiger partial charge in [0.2, 0.25) is 0 Å². The molecule has 0 bridgehead atoms. The molecule has 0 N–H and O–H groups in total. The van der Waals surface area contributed by atoms with Crippen molar-refractivity contribution in [1.29, 1.82) is 0 Å². The van der Waals surface area contributed by atoms with Gasteiger partial charge in [-0.15, -0.1) is 0 Å². The number of fused-ring (bicyclic) bond motifs is 1. The topological polar surface area (TPSA) is 26.3 Å². The van der Waals surface area contributed by atoms with Crippen LogP contribution in [0.25, 0.3) is 11.1 Å². The average molecular weight is 266 g/mol. The van der Waals surface area contributed by atoms with Crippen LogP contribution in [0.3, 0.4) is 0 Å². The van der Waals surface area contributed by atoms with Gasteiger partial charge in [-0.25, -0.2) is 0 Å². The first-order valence-corrected chi connectivity index (χ1v) is 7.17. The molecule has 0 saturated carbocycles. The lowest BCUT2D eigenvalue weighted by molar-refractivity contribution is 0.0972. The molecule has 1 aliphatic rings. The quantitative estimate of drug-likeness (QED) is 0.829. The van der Waals surface area contributed by atoms with Gasteiger partial charge in [0.15, 0.2) is 5.78 Å². The molecule has 0 aliphatic heterocycles. The molecule has 1 aliphatic carbocycles. The summed E-state index contributed by atoms with van der Waals surface area (Å²) in [6.45, 7) is 2.66. The van der Waals surface area contributed by atoms with Gasteiger partial charge in [-0.3, -0.25) is 4.79 Å². The number of benzene rings is 2. The van der Waals surface area contributed by atoms with Gasteiger partial charge in [-0.05, 0) is 48.6 Å². The van der Waals surface area contributed by atoms with Crippen LogP contribution in [0.1, 0.15) is 35.7 Å². The zero-order valence-corrected chi connectivity index (χ0v) is 11.7. The first kappa shape index (κ1) is 12.9. The fraction of sp³-hybridized carbons (Fsp3) is 0.278. The summed E-state index contributed by atoms with van der Waals surface area (Å²) in [5.74, 6) is 1.17. The number of aryl methyl sites for hydroxylation is 1. The molecule has 2 heteroatoms. The molecule has 0 aromatic heterocycles. The Hall–Kier alpha value is -2.09. The van der Waals surface area contributed by atoms with Gasteiger partial charge >= 0.3 is 0 Å². The molecule has 0 amide bonds. The molecule has 0 fully saturated rings. The van der Waals surface area contributed by atoms with Crippen molar-refractivity contribution in [1.82, 2.24) is 0 Å². The van der Waals surface area contributed by atoms with Crippen LogP contribution in [0.4, 0.5) is 0 Å². The summed E-state index contributed by atoms with van der Waals surface area (Å²) in [5.41, 5.74) is 4.43. The summed E-state index contributed by atoms with van der Waals surface area (Å²) in [5, 5.41) is 0. The summed E-state index contributed by atoms with van der Waals surface area (Å²) < 4.78 is 5.46. The first-order chi connectivity index (χ1) is 9.78. The Morgan fingerprint density at radius 3 is 2.50 bits per heavy atom. The van der Waals surface area contributed by atoms with Crippen LogP contribution in [-0.2, 0) is 6.42 Å². The van der Waals surface area contributed by atoms with Gasteiger partial charge in [0.25, 0.3) is 0 Å². The van der Waals surface area contributed by atoms with E-state index in [0.717, 1.165) is 29.7 Å². The maximum atomic E-state index is 11.8. The van der Waals surface area contributed by atoms with Crippen molar-refractivity contribution in [2.24, 2.45) is 0 Å². The van der Waals surface area contributed by atoms with E-state index < -0.39 is 0 Å². The summed E-state index contributed by atoms with van der Waals surface area (Å²) in [6, 6.07) is 14.3. The van der Waals surface area contributed by atoms with E-state index in [-0.39, 0.29) is 5.78 Å². The monoisotopic (exact) mass is 266 g/mol. The normalized spacial score (nSPS) is 13.9. The van der Waals surface area contributed by atoms with Crippen LogP contribution in [0.15, 0.2) is 42.5 Å². The molecule has 0 heterocycles. The van der Waals surface area contributed by atoms with Crippen LogP contribution in [0.2, 0.25) is 0 Å². The molecule has 2 nitrogen and oxygen atoms in total. The zero-order chi connectivity index (χ0) is 13.9. The Morgan fingerprint density at radius 1 is 1.00 bits per heavy atom. The van der Waals surface area contributed by atoms with E-state index in [0.29, 0.717) is 13.0 Å². The second-order valence-electron chi connectivity index (χ2n) is 5.11. The number of ketones is 1. The molecule has 0 atom stereocenters. The maximum absolute atomic E-state index is 11.8. The predicted octanol–water partition coefficient (Wildman–Crippen LogP) is 4.27. The van der Waals surface area contributed by atoms with Crippen molar-refractivity contribution in [3.05, 3.63) is 53.6 Å². The minimum atomic E-state index is 0.282. The molecule has 0 saturated heterocycles. The minimum Gasteiger partial charge on any atom is -0.494 e. The fourth-order valence-electron chi connectivity index (χ4n) is 2.74. The third-order valence-electron chi connectivity index (χ3n) is 3.75. The van der Waals surface area contributed by atoms with Crippen molar-refractivity contribution >= 4 is 5.78 Å². The molecule has 0 unspecified atom stereocenters. The SMILES string of the molecule is CCOc1ccc(-c2ccc3c(c2)CCCC3=O)cc1. The highest BCUT2D eigenvalue weighted by Gasteiger charge is 2.17. The van der Waals surface area contributed by atoms with E-state index in [2.05, 4.69) is 18.2 Å². The van der Waals surface area contributed by atoms with Gasteiger partial charge in [0.05, 0.1) is 6.61 Å². The van der Waals surface area contributed by atoms with Crippen molar-refractivity contribution in [3.8, 4) is 16.9 Å². The molecule has 2 aromatic rings. The number of carbonyl (C=O) groups is 1. The molecule has 0 radical (unpaired) electrons. The second kappa shape index (κ2) is 5.49. The highest BCUT2D eigenvalue weighted by Crippen LogP contribution is 2.28. The number of hydrogen-bond donors (Lipinski definition) is 0. The summed E-state index contributed by atoms with van der Waals surface area (Å²) in [4.78, 5) is 11.8. The Kier molecular flexibility index (Phi) is 3.55. The number of carbonyl (C=O) groups excluding carboxylic acids is 1. The van der Waals surface area contributed by atoms with E-state index >= 15 is 0 Å². The standard InChI is InChI=1S/C18H18O2/c1-2-20-16-9-6-13(7-10-16)14-8-11-17-15(12-14)4-3-5-18(17)19/h6-12H,2-5H2,1H3. The summed E-state index contributed by atoms with van der Waals surface area (Å²) in [6.07, 6.45) is 2.67. The average Bonchev–Trinajstić information content (AvgIpc) is 2.48. The number of Topliss-reactive ketones (excluding diaryl/α,β-unsaturated/α-hetero) is 1. The summed E-state index contributed by atoms with van der Waals surface area (Å²) in [7, 11) is 0. The highest BCUT2D eigenvalue weighted by atomic mass is 16.5. The van der Waals surface area contributed by atoms with Crippen LogP contribution in [-0.4, -0.2) is 12.4 Å². The number of hydrogen-bond acceptors (Lipinski definition) is 2. The molecule has 2 aromatic carbocycles. The third-order valence-corrected chi connectivity index (χ3v) is 3.75. The lowest BCUT2D eigenvalue weighted by atomic mass is 9.88. The van der Waals surface area contributed by atoms with E-state index in [4.69, 9.17) is 4.74 Å². The number of ether oxygens (including phenoxy) is 1. The third kappa shape index (κ3) is 2.46. The first-order valence-electron chi connectivity index (χ1n) is 7.17. The lowest BCUT2D eigenvalue weighted by Gasteiger charge is -2.15. The molecule has 20 heavy (non-hydrogen) atoms. The Morgan fingerprint density at radius 2 is 1.75 bits per heavy atom. The van der Waals surface area contributed by atoms with E-state index in [1.54, 1.807) is 0 Å². The minimum absolute atomic E-state index is 0.282. The molecule has 102 valence electrons. The fourth-order valence-corrected chi connectivity index (χ4v) is 2.74. The molecular weight excluding hydrogens is 248 g/mol. The Bertz CT molecular complexity index is 626. The highest BCUT2D eigenvalue weighted by molar-refractivity contribution is 5.99. The van der Waals surface area contributed by atoms with Gasteiger partial charge in [-0.1, -0.05) is 30.3 Å². The van der Waals surface area contributed by atoms with Crippen molar-refractivity contribution in [3.63, 3.8) is 0 Å². The van der Waals surface area contributed by atoms with Gasteiger partial charge in [0.1, 0.15) is 5.75 Å². The maximum Gasteiger partial charge on any atom is 0.163 e. The van der Waals surface area contributed by atoms with E-state index in [1.165, 1.54) is 11.1 Å².